The zero-order valence-corrected chi connectivity index (χ0v) is 25.8. The van der Waals surface area contributed by atoms with Crippen molar-refractivity contribution in [2.45, 2.75) is 26.0 Å². The number of hydrogen-bond donors (Lipinski definition) is 0. The van der Waals surface area contributed by atoms with Crippen molar-refractivity contribution >= 4 is 45.0 Å². The highest BCUT2D eigenvalue weighted by Gasteiger charge is 2.33. The molecule has 1 atom stereocenters. The van der Waals surface area contributed by atoms with E-state index < -0.39 is 16.9 Å². The van der Waals surface area contributed by atoms with E-state index in [4.69, 9.17) is 19.2 Å². The number of methoxy groups -OCH3 is 2. The maximum absolute atomic E-state index is 13.9. The minimum Gasteiger partial charge on any atom is -0.493 e. The Bertz CT molecular complexity index is 1920. The first kappa shape index (κ1) is 29.9. The van der Waals surface area contributed by atoms with Gasteiger partial charge >= 0.3 is 5.97 Å². The molecule has 0 radical (unpaired) electrons. The number of carbonyl (C=O) groups excluding carboxylic acids is 1. The number of ether oxygens (including phenoxy) is 3. The number of nitrogens with zero attached hydrogens (tertiary/aromatic N) is 3. The van der Waals surface area contributed by atoms with Crippen molar-refractivity contribution in [1.82, 2.24) is 4.57 Å². The van der Waals surface area contributed by atoms with Gasteiger partial charge in [0.1, 0.15) is 6.61 Å². The molecule has 0 saturated carbocycles. The molecular weight excluding hydrogens is 638 g/mol. The molecule has 220 valence electrons. The summed E-state index contributed by atoms with van der Waals surface area (Å²) in [5, 5.41) is 10.9. The molecule has 1 aromatic heterocycles. The summed E-state index contributed by atoms with van der Waals surface area (Å²) in [6.45, 7) is 2.07. The average Bonchev–Trinajstić information content (AvgIpc) is 3.33. The van der Waals surface area contributed by atoms with Gasteiger partial charge in [-0.1, -0.05) is 48.6 Å². The Morgan fingerprint density at radius 3 is 2.49 bits per heavy atom. The summed E-state index contributed by atoms with van der Waals surface area (Å²) in [7, 11) is 2.83. The first-order chi connectivity index (χ1) is 20.7. The molecule has 12 heteroatoms. The van der Waals surface area contributed by atoms with Crippen molar-refractivity contribution in [1.29, 1.82) is 0 Å². The van der Waals surface area contributed by atoms with Gasteiger partial charge in [-0.25, -0.2) is 9.79 Å². The van der Waals surface area contributed by atoms with Crippen LogP contribution in [0.1, 0.15) is 36.1 Å². The summed E-state index contributed by atoms with van der Waals surface area (Å²) in [6, 6.07) is 18.3. The summed E-state index contributed by atoms with van der Waals surface area (Å²) < 4.78 is 19.3. The summed E-state index contributed by atoms with van der Waals surface area (Å²) in [4.78, 5) is 42.5. The highest BCUT2D eigenvalue weighted by molar-refractivity contribution is 9.10. The normalized spacial score (nSPS) is 14.6. The van der Waals surface area contributed by atoms with E-state index in [0.29, 0.717) is 48.6 Å². The molecule has 3 aromatic carbocycles. The Morgan fingerprint density at radius 1 is 1.14 bits per heavy atom. The number of nitro groups is 1. The quantitative estimate of drug-likeness (QED) is 0.139. The van der Waals surface area contributed by atoms with Gasteiger partial charge in [0.25, 0.3) is 11.2 Å². The molecule has 0 saturated heterocycles. The Kier molecular flexibility index (Phi) is 8.88. The number of benzene rings is 3. The molecule has 10 nitrogen and oxygen atoms in total. The highest BCUT2D eigenvalue weighted by atomic mass is 79.9. The van der Waals surface area contributed by atoms with Crippen LogP contribution in [0.2, 0.25) is 0 Å². The van der Waals surface area contributed by atoms with Crippen LogP contribution in [0.25, 0.3) is 6.08 Å². The summed E-state index contributed by atoms with van der Waals surface area (Å²) in [6.07, 6.45) is 2.23. The molecule has 0 amide bonds. The number of rotatable bonds is 9. The van der Waals surface area contributed by atoms with Crippen LogP contribution in [0.15, 0.2) is 92.3 Å². The first-order valence-corrected chi connectivity index (χ1v) is 14.8. The SMILES string of the molecule is CCC1=C(C(=O)OC)[C@H](c2ccccc2)n2c(s/c(=C\c3cc(Br)c(OCc4ccc([N+](=O)[O-])cc4)c(OC)c3)c2=O)=N1. The van der Waals surface area contributed by atoms with E-state index in [2.05, 4.69) is 15.9 Å². The van der Waals surface area contributed by atoms with Crippen LogP contribution in [0, 0.1) is 10.1 Å². The highest BCUT2D eigenvalue weighted by Crippen LogP contribution is 2.37. The lowest BCUT2D eigenvalue weighted by molar-refractivity contribution is -0.384. The van der Waals surface area contributed by atoms with Gasteiger partial charge in [-0.3, -0.25) is 19.5 Å². The fraction of sp³-hybridized carbons (Fsp3) is 0.194. The Balaban J connectivity index is 1.54. The monoisotopic (exact) mass is 663 g/mol. The third-order valence-electron chi connectivity index (χ3n) is 6.85. The zero-order valence-electron chi connectivity index (χ0n) is 23.4. The number of fused-ring (bicyclic) bond motifs is 1. The van der Waals surface area contributed by atoms with Gasteiger partial charge in [0.15, 0.2) is 16.3 Å². The van der Waals surface area contributed by atoms with Gasteiger partial charge in [-0.05, 0) is 69.4 Å². The minimum absolute atomic E-state index is 0.000303. The van der Waals surface area contributed by atoms with Gasteiger partial charge in [-0.2, -0.15) is 0 Å². The van der Waals surface area contributed by atoms with Crippen molar-refractivity contribution in [2.75, 3.05) is 14.2 Å². The van der Waals surface area contributed by atoms with Crippen molar-refractivity contribution in [3.63, 3.8) is 0 Å². The second kappa shape index (κ2) is 12.8. The third-order valence-corrected chi connectivity index (χ3v) is 8.42. The van der Waals surface area contributed by atoms with Crippen LogP contribution < -0.4 is 24.4 Å². The average molecular weight is 665 g/mol. The molecule has 0 N–H and O–H groups in total. The van der Waals surface area contributed by atoms with Gasteiger partial charge in [0, 0.05) is 12.1 Å². The van der Waals surface area contributed by atoms with Crippen LogP contribution >= 0.6 is 27.3 Å². The molecule has 43 heavy (non-hydrogen) atoms. The van der Waals surface area contributed by atoms with E-state index in [1.165, 1.54) is 37.7 Å². The lowest BCUT2D eigenvalue weighted by Gasteiger charge is -2.25. The molecule has 1 aliphatic heterocycles. The van der Waals surface area contributed by atoms with Crippen LogP contribution in [0.5, 0.6) is 11.5 Å². The molecule has 5 rings (SSSR count). The summed E-state index contributed by atoms with van der Waals surface area (Å²) in [5.74, 6) is 0.347. The van der Waals surface area contributed by atoms with Gasteiger partial charge < -0.3 is 14.2 Å². The molecule has 0 bridgehead atoms. The largest absolute Gasteiger partial charge is 0.493 e. The first-order valence-electron chi connectivity index (χ1n) is 13.2. The van der Waals surface area contributed by atoms with Crippen molar-refractivity contribution in [3.8, 4) is 11.5 Å². The second-order valence-electron chi connectivity index (χ2n) is 9.45. The smallest absolute Gasteiger partial charge is 0.338 e. The lowest BCUT2D eigenvalue weighted by atomic mass is 9.95. The number of halogens is 1. The van der Waals surface area contributed by atoms with E-state index in [-0.39, 0.29) is 17.9 Å². The standard InChI is InChI=1S/C31H26BrN3O7S/c1-4-23-26(30(37)41-3)27(20-8-6-5-7-9-20)34-29(36)25(43-31(34)33-23)16-19-14-22(32)28(24(15-19)40-2)42-17-18-10-12-21(13-11-18)35(38)39/h5-16,27H,4,17H2,1-3H3/b25-16-/t27-/m0/s1. The second-order valence-corrected chi connectivity index (χ2v) is 11.3. The molecule has 0 unspecified atom stereocenters. The minimum atomic E-state index is -0.682. The van der Waals surface area contributed by atoms with Crippen molar-refractivity contribution < 1.29 is 23.9 Å². The Hall–Kier alpha value is -4.55. The predicted octanol–water partition coefficient (Wildman–Crippen LogP) is 5.06. The van der Waals surface area contributed by atoms with Crippen LogP contribution in [-0.2, 0) is 16.1 Å². The number of non-ortho nitro benzene ring substituents is 1. The molecule has 2 heterocycles. The van der Waals surface area contributed by atoms with E-state index in [0.717, 1.165) is 11.1 Å². The van der Waals surface area contributed by atoms with E-state index >= 15 is 0 Å². The van der Waals surface area contributed by atoms with Gasteiger partial charge in [0.2, 0.25) is 0 Å². The third kappa shape index (κ3) is 6.02. The van der Waals surface area contributed by atoms with Crippen LogP contribution in [0.3, 0.4) is 0 Å². The number of nitro benzene ring substituents is 1. The molecule has 0 spiro atoms. The van der Waals surface area contributed by atoms with E-state index in [1.807, 2.05) is 37.3 Å². The van der Waals surface area contributed by atoms with Crippen molar-refractivity contribution in [2.24, 2.45) is 4.99 Å². The maximum Gasteiger partial charge on any atom is 0.338 e. The molecule has 1 aliphatic rings. The molecular formula is C31H26BrN3O7S. The summed E-state index contributed by atoms with van der Waals surface area (Å²) >= 11 is 4.79. The van der Waals surface area contributed by atoms with Gasteiger partial charge in [-0.15, -0.1) is 0 Å². The molecule has 0 aliphatic carbocycles. The fourth-order valence-corrected chi connectivity index (χ4v) is 6.39. The number of hydrogen-bond acceptors (Lipinski definition) is 9. The predicted molar refractivity (Wildman–Crippen MR) is 165 cm³/mol. The number of thiazole rings is 1. The topological polar surface area (TPSA) is 122 Å². The number of aromatic nitrogens is 1. The molecule has 4 aromatic rings. The Morgan fingerprint density at radius 2 is 1.86 bits per heavy atom. The van der Waals surface area contributed by atoms with Gasteiger partial charge in [0.05, 0.1) is 45.5 Å². The van der Waals surface area contributed by atoms with Crippen LogP contribution in [-0.4, -0.2) is 29.7 Å². The Labute approximate surface area is 258 Å². The lowest BCUT2D eigenvalue weighted by Crippen LogP contribution is -2.40. The van der Waals surface area contributed by atoms with Crippen molar-refractivity contribution in [3.05, 3.63) is 129 Å². The summed E-state index contributed by atoms with van der Waals surface area (Å²) in [5.41, 5.74) is 2.82. The number of esters is 1. The zero-order chi connectivity index (χ0) is 30.7. The molecule has 0 fully saturated rings. The number of allylic oxidation sites excluding steroid dienone is 1. The van der Waals surface area contributed by atoms with E-state index in [9.17, 15) is 19.7 Å². The van der Waals surface area contributed by atoms with E-state index in [1.54, 1.807) is 34.9 Å². The number of carbonyl (C=O) groups is 1. The van der Waals surface area contributed by atoms with Crippen LogP contribution in [0.4, 0.5) is 5.69 Å². The maximum atomic E-state index is 13.9. The fourth-order valence-electron chi connectivity index (χ4n) is 4.80.